The SMILES string of the molecule is CC1OC(N)=NC12c1ccccc1Oc1ccccc12. The molecule has 0 fully saturated rings. The Bertz CT molecular complexity index is 678. The van der Waals surface area contributed by atoms with E-state index in [9.17, 15) is 0 Å². The zero-order chi connectivity index (χ0) is 13.7. The fourth-order valence-corrected chi connectivity index (χ4v) is 3.12. The molecule has 2 aliphatic heterocycles. The molecule has 4 nitrogen and oxygen atoms in total. The summed E-state index contributed by atoms with van der Waals surface area (Å²) < 4.78 is 11.6. The minimum atomic E-state index is -0.616. The molecule has 0 saturated carbocycles. The average molecular weight is 266 g/mol. The molecule has 1 atom stereocenters. The molecular weight excluding hydrogens is 252 g/mol. The van der Waals surface area contributed by atoms with Crippen LogP contribution in [0.15, 0.2) is 53.5 Å². The summed E-state index contributed by atoms with van der Waals surface area (Å²) in [6.45, 7) is 1.99. The lowest BCUT2D eigenvalue weighted by Gasteiger charge is -2.36. The van der Waals surface area contributed by atoms with Gasteiger partial charge in [0, 0.05) is 11.1 Å². The second-order valence-corrected chi connectivity index (χ2v) is 5.07. The molecular formula is C16H14N2O2. The Morgan fingerprint density at radius 1 is 1.00 bits per heavy atom. The van der Waals surface area contributed by atoms with Gasteiger partial charge in [-0.1, -0.05) is 36.4 Å². The highest BCUT2D eigenvalue weighted by Crippen LogP contribution is 2.52. The molecule has 0 amide bonds. The molecule has 0 bridgehead atoms. The van der Waals surface area contributed by atoms with Gasteiger partial charge in [-0.05, 0) is 19.1 Å². The van der Waals surface area contributed by atoms with E-state index < -0.39 is 5.54 Å². The van der Waals surface area contributed by atoms with Gasteiger partial charge in [0.15, 0.2) is 5.54 Å². The molecule has 0 radical (unpaired) electrons. The maximum absolute atomic E-state index is 5.98. The number of nitrogens with zero attached hydrogens (tertiary/aromatic N) is 1. The molecule has 2 aromatic rings. The van der Waals surface area contributed by atoms with E-state index in [2.05, 4.69) is 4.99 Å². The van der Waals surface area contributed by atoms with Crippen LogP contribution in [-0.2, 0) is 10.3 Å². The summed E-state index contributed by atoms with van der Waals surface area (Å²) in [7, 11) is 0. The second-order valence-electron chi connectivity index (χ2n) is 5.07. The Morgan fingerprint density at radius 3 is 2.05 bits per heavy atom. The first-order valence-electron chi connectivity index (χ1n) is 6.60. The van der Waals surface area contributed by atoms with E-state index in [4.69, 9.17) is 15.2 Å². The van der Waals surface area contributed by atoms with E-state index in [1.54, 1.807) is 0 Å². The van der Waals surface area contributed by atoms with Gasteiger partial charge < -0.3 is 15.2 Å². The fourth-order valence-electron chi connectivity index (χ4n) is 3.12. The van der Waals surface area contributed by atoms with E-state index in [1.165, 1.54) is 0 Å². The van der Waals surface area contributed by atoms with Crippen molar-refractivity contribution >= 4 is 6.02 Å². The number of ether oxygens (including phenoxy) is 2. The van der Waals surface area contributed by atoms with Crippen LogP contribution in [0.4, 0.5) is 0 Å². The standard InChI is InChI=1S/C16H14N2O2/c1-10-16(18-15(17)19-10)11-6-2-4-8-13(11)20-14-9-5-3-7-12(14)16/h2-10H,1H3,(H2,17,18). The highest BCUT2D eigenvalue weighted by Gasteiger charge is 2.51. The van der Waals surface area contributed by atoms with Crippen molar-refractivity contribution in [1.82, 2.24) is 0 Å². The van der Waals surface area contributed by atoms with E-state index >= 15 is 0 Å². The molecule has 0 saturated heterocycles. The van der Waals surface area contributed by atoms with Crippen molar-refractivity contribution in [2.45, 2.75) is 18.6 Å². The molecule has 2 N–H and O–H groups in total. The van der Waals surface area contributed by atoms with E-state index in [0.717, 1.165) is 22.6 Å². The molecule has 2 heterocycles. The number of amidine groups is 1. The lowest BCUT2D eigenvalue weighted by molar-refractivity contribution is 0.166. The first-order chi connectivity index (χ1) is 9.72. The van der Waals surface area contributed by atoms with Crippen molar-refractivity contribution in [2.24, 2.45) is 10.7 Å². The van der Waals surface area contributed by atoms with Crippen LogP contribution in [0.1, 0.15) is 18.1 Å². The topological polar surface area (TPSA) is 56.8 Å². The number of rotatable bonds is 0. The molecule has 0 aliphatic carbocycles. The lowest BCUT2D eigenvalue weighted by atomic mass is 9.77. The van der Waals surface area contributed by atoms with Crippen LogP contribution in [0.5, 0.6) is 11.5 Å². The Hall–Kier alpha value is -2.49. The van der Waals surface area contributed by atoms with Crippen LogP contribution >= 0.6 is 0 Å². The first kappa shape index (κ1) is 11.3. The molecule has 4 rings (SSSR count). The van der Waals surface area contributed by atoms with Gasteiger partial charge in [-0.3, -0.25) is 0 Å². The minimum Gasteiger partial charge on any atom is -0.459 e. The maximum Gasteiger partial charge on any atom is 0.283 e. The van der Waals surface area contributed by atoms with Crippen molar-refractivity contribution in [2.75, 3.05) is 0 Å². The third-order valence-electron chi connectivity index (χ3n) is 3.99. The van der Waals surface area contributed by atoms with Crippen molar-refractivity contribution in [3.63, 3.8) is 0 Å². The highest BCUT2D eigenvalue weighted by atomic mass is 16.5. The number of para-hydroxylation sites is 2. The molecule has 100 valence electrons. The van der Waals surface area contributed by atoms with Crippen LogP contribution in [0.2, 0.25) is 0 Å². The second kappa shape index (κ2) is 3.76. The zero-order valence-corrected chi connectivity index (χ0v) is 11.0. The number of fused-ring (bicyclic) bond motifs is 4. The monoisotopic (exact) mass is 266 g/mol. The average Bonchev–Trinajstić information content (AvgIpc) is 2.75. The third kappa shape index (κ3) is 1.28. The molecule has 2 aromatic carbocycles. The summed E-state index contributed by atoms with van der Waals surface area (Å²) in [6, 6.07) is 16.0. The summed E-state index contributed by atoms with van der Waals surface area (Å²) in [5.74, 6) is 1.61. The third-order valence-corrected chi connectivity index (χ3v) is 3.99. The summed E-state index contributed by atoms with van der Waals surface area (Å²) >= 11 is 0. The maximum atomic E-state index is 5.98. The summed E-state index contributed by atoms with van der Waals surface area (Å²) in [6.07, 6.45) is -0.173. The fraction of sp³-hybridized carbons (Fsp3) is 0.188. The summed E-state index contributed by atoms with van der Waals surface area (Å²) in [4.78, 5) is 4.64. The van der Waals surface area contributed by atoms with Crippen LogP contribution < -0.4 is 10.5 Å². The van der Waals surface area contributed by atoms with E-state index in [0.29, 0.717) is 0 Å². The molecule has 2 aliphatic rings. The Morgan fingerprint density at radius 2 is 1.55 bits per heavy atom. The van der Waals surface area contributed by atoms with Crippen molar-refractivity contribution in [3.05, 3.63) is 59.7 Å². The number of nitrogens with two attached hydrogens (primary N) is 1. The van der Waals surface area contributed by atoms with Crippen LogP contribution in [-0.4, -0.2) is 12.1 Å². The van der Waals surface area contributed by atoms with Gasteiger partial charge in [-0.25, -0.2) is 4.99 Å². The van der Waals surface area contributed by atoms with Crippen LogP contribution in [0.3, 0.4) is 0 Å². The van der Waals surface area contributed by atoms with Crippen LogP contribution in [0.25, 0.3) is 0 Å². The number of hydrogen-bond donors (Lipinski definition) is 1. The zero-order valence-electron chi connectivity index (χ0n) is 11.0. The predicted octanol–water partition coefficient (Wildman–Crippen LogP) is 2.77. The molecule has 1 spiro atoms. The molecule has 1 unspecified atom stereocenters. The summed E-state index contributed by atoms with van der Waals surface area (Å²) in [5.41, 5.74) is 7.20. The van der Waals surface area contributed by atoms with Crippen molar-refractivity contribution in [3.8, 4) is 11.5 Å². The normalized spacial score (nSPS) is 21.4. The van der Waals surface area contributed by atoms with Gasteiger partial charge in [-0.15, -0.1) is 0 Å². The molecule has 0 aromatic heterocycles. The Kier molecular flexibility index (Phi) is 2.13. The number of benzene rings is 2. The van der Waals surface area contributed by atoms with E-state index in [1.807, 2.05) is 55.5 Å². The largest absolute Gasteiger partial charge is 0.459 e. The Labute approximate surface area is 116 Å². The van der Waals surface area contributed by atoms with Gasteiger partial charge in [0.1, 0.15) is 17.6 Å². The van der Waals surface area contributed by atoms with E-state index in [-0.39, 0.29) is 12.1 Å². The summed E-state index contributed by atoms with van der Waals surface area (Å²) in [5, 5.41) is 0. The van der Waals surface area contributed by atoms with Crippen LogP contribution in [0, 0.1) is 0 Å². The number of hydrogen-bond acceptors (Lipinski definition) is 4. The lowest BCUT2D eigenvalue weighted by Crippen LogP contribution is -2.37. The minimum absolute atomic E-state index is 0.173. The highest BCUT2D eigenvalue weighted by molar-refractivity contribution is 5.77. The number of aliphatic imine (C=N–C) groups is 1. The van der Waals surface area contributed by atoms with Gasteiger partial charge >= 0.3 is 0 Å². The first-order valence-corrected chi connectivity index (χ1v) is 6.60. The predicted molar refractivity (Wildman–Crippen MR) is 75.9 cm³/mol. The van der Waals surface area contributed by atoms with Gasteiger partial charge in [0.05, 0.1) is 0 Å². The van der Waals surface area contributed by atoms with Gasteiger partial charge in [0.25, 0.3) is 6.02 Å². The molecule has 4 heteroatoms. The van der Waals surface area contributed by atoms with Gasteiger partial charge in [0.2, 0.25) is 0 Å². The Balaban J connectivity index is 2.08. The van der Waals surface area contributed by atoms with Crippen molar-refractivity contribution in [1.29, 1.82) is 0 Å². The van der Waals surface area contributed by atoms with Crippen molar-refractivity contribution < 1.29 is 9.47 Å². The molecule has 20 heavy (non-hydrogen) atoms. The quantitative estimate of drug-likeness (QED) is 0.797. The smallest absolute Gasteiger partial charge is 0.283 e. The van der Waals surface area contributed by atoms with Gasteiger partial charge in [-0.2, -0.15) is 0 Å².